The summed E-state index contributed by atoms with van der Waals surface area (Å²) in [6, 6.07) is 26.6. The second-order valence-electron chi connectivity index (χ2n) is 11.2. The zero-order chi connectivity index (χ0) is 32.0. The van der Waals surface area contributed by atoms with Crippen LogP contribution in [0.1, 0.15) is 40.4 Å². The van der Waals surface area contributed by atoms with E-state index >= 15 is 0 Å². The molecule has 0 aliphatic carbocycles. The highest BCUT2D eigenvalue weighted by molar-refractivity contribution is 7.91. The van der Waals surface area contributed by atoms with E-state index in [-0.39, 0.29) is 41.2 Å². The molecule has 5 rings (SSSR count). The maximum absolute atomic E-state index is 14.1. The monoisotopic (exact) mass is 661 g/mol. The largest absolute Gasteiger partial charge is 0.370 e. The fraction of sp³-hybridized carbons (Fsp3) is 0.235. The van der Waals surface area contributed by atoms with Crippen molar-refractivity contribution in [1.82, 2.24) is 10.2 Å². The van der Waals surface area contributed by atoms with Gasteiger partial charge in [-0.3, -0.25) is 19.8 Å². The first-order valence-corrected chi connectivity index (χ1v) is 16.3. The fourth-order valence-corrected chi connectivity index (χ4v) is 7.32. The lowest BCUT2D eigenvalue weighted by Gasteiger charge is -2.33. The molecule has 5 N–H and O–H groups in total. The summed E-state index contributed by atoms with van der Waals surface area (Å²) >= 11 is 0. The van der Waals surface area contributed by atoms with Crippen LogP contribution >= 0.6 is 12.4 Å². The Kier molecular flexibility index (Phi) is 11.2. The minimum atomic E-state index is -4.04. The SMILES string of the molecule is Cl.N=C(N)N1CCCC(CNC(=O)CC(c2ccc(NC(=O)C(=O)c3ccccc3)cc2)S(=O)(=O)c2ccc3ccccc3c2)C1. The van der Waals surface area contributed by atoms with E-state index in [9.17, 15) is 22.8 Å². The van der Waals surface area contributed by atoms with Crippen LogP contribution in [0.4, 0.5) is 5.69 Å². The molecule has 46 heavy (non-hydrogen) atoms. The van der Waals surface area contributed by atoms with Crippen LogP contribution in [0, 0.1) is 11.3 Å². The number of Topliss-reactive ketones (excluding diaryl/α,β-unsaturated/α-hetero) is 1. The quantitative estimate of drug-likeness (QED) is 0.0828. The van der Waals surface area contributed by atoms with Crippen molar-refractivity contribution in [2.75, 3.05) is 25.0 Å². The first-order chi connectivity index (χ1) is 21.6. The summed E-state index contributed by atoms with van der Waals surface area (Å²) in [7, 11) is -4.04. The molecule has 10 nitrogen and oxygen atoms in total. The number of guanidine groups is 1. The summed E-state index contributed by atoms with van der Waals surface area (Å²) in [5, 5.41) is 13.6. The van der Waals surface area contributed by atoms with Gasteiger partial charge in [0, 0.05) is 37.3 Å². The molecule has 1 saturated heterocycles. The predicted molar refractivity (Wildman–Crippen MR) is 181 cm³/mol. The van der Waals surface area contributed by atoms with E-state index < -0.39 is 32.7 Å². The van der Waals surface area contributed by atoms with E-state index in [4.69, 9.17) is 11.1 Å². The van der Waals surface area contributed by atoms with Crippen LogP contribution in [0.15, 0.2) is 102 Å². The van der Waals surface area contributed by atoms with Crippen molar-refractivity contribution in [3.05, 3.63) is 108 Å². The number of likely N-dealkylation sites (tertiary alicyclic amines) is 1. The number of sulfone groups is 1. The van der Waals surface area contributed by atoms with Crippen molar-refractivity contribution >= 4 is 62.3 Å². The maximum atomic E-state index is 14.1. The standard InChI is InChI=1S/C34H35N5O5S.ClH/c35-34(36)39-18-6-7-23(22-39)21-37-31(40)20-30(45(43,44)29-17-14-24-8-4-5-11-27(24)19-29)25-12-15-28(16-13-25)38-33(42)32(41)26-9-2-1-3-10-26;/h1-5,8-17,19,23,30H,6-7,18,20-22H2,(H3,35,36)(H,37,40)(H,38,42);1H. The summed E-state index contributed by atoms with van der Waals surface area (Å²) in [5.74, 6) is -1.85. The van der Waals surface area contributed by atoms with Gasteiger partial charge in [-0.25, -0.2) is 8.42 Å². The van der Waals surface area contributed by atoms with Gasteiger partial charge in [0.05, 0.1) is 10.1 Å². The van der Waals surface area contributed by atoms with Crippen molar-refractivity contribution in [2.24, 2.45) is 11.7 Å². The van der Waals surface area contributed by atoms with Gasteiger partial charge >= 0.3 is 0 Å². The second-order valence-corrected chi connectivity index (χ2v) is 13.3. The smallest absolute Gasteiger partial charge is 0.296 e. The Hall–Kier alpha value is -4.74. The van der Waals surface area contributed by atoms with Crippen LogP contribution in [0.3, 0.4) is 0 Å². The number of carbonyl (C=O) groups excluding carboxylic acids is 3. The van der Waals surface area contributed by atoms with Crippen LogP contribution in [-0.4, -0.2) is 56.5 Å². The number of piperidine rings is 1. The molecule has 2 atom stereocenters. The van der Waals surface area contributed by atoms with Crippen LogP contribution in [0.25, 0.3) is 10.8 Å². The predicted octanol–water partition coefficient (Wildman–Crippen LogP) is 4.71. The number of hydrogen-bond donors (Lipinski definition) is 4. The Morgan fingerprint density at radius 2 is 1.59 bits per heavy atom. The van der Waals surface area contributed by atoms with E-state index in [0.29, 0.717) is 30.9 Å². The minimum Gasteiger partial charge on any atom is -0.370 e. The number of amides is 2. The minimum absolute atomic E-state index is 0. The van der Waals surface area contributed by atoms with E-state index in [1.54, 1.807) is 65.6 Å². The fourth-order valence-electron chi connectivity index (χ4n) is 5.55. The van der Waals surface area contributed by atoms with Crippen LogP contribution < -0.4 is 16.4 Å². The zero-order valence-corrected chi connectivity index (χ0v) is 26.7. The number of halogens is 1. The van der Waals surface area contributed by atoms with Crippen molar-refractivity contribution in [1.29, 1.82) is 5.41 Å². The molecule has 240 valence electrons. The van der Waals surface area contributed by atoms with Gasteiger partial charge in [0.25, 0.3) is 11.7 Å². The second kappa shape index (κ2) is 15.0. The van der Waals surface area contributed by atoms with Crippen molar-refractivity contribution < 1.29 is 22.8 Å². The molecule has 2 unspecified atom stereocenters. The number of benzene rings is 4. The molecular weight excluding hydrogens is 626 g/mol. The average molecular weight is 662 g/mol. The van der Waals surface area contributed by atoms with E-state index in [1.165, 1.54) is 12.1 Å². The number of nitrogens with two attached hydrogens (primary N) is 1. The zero-order valence-electron chi connectivity index (χ0n) is 25.0. The maximum Gasteiger partial charge on any atom is 0.296 e. The molecule has 0 spiro atoms. The Bertz CT molecular complexity index is 1830. The molecule has 1 fully saturated rings. The molecule has 0 bridgehead atoms. The summed E-state index contributed by atoms with van der Waals surface area (Å²) < 4.78 is 28.2. The summed E-state index contributed by atoms with van der Waals surface area (Å²) in [6.07, 6.45) is 1.39. The Morgan fingerprint density at radius 3 is 2.28 bits per heavy atom. The molecule has 1 heterocycles. The highest BCUT2D eigenvalue weighted by Gasteiger charge is 2.32. The number of nitrogens with one attached hydrogen (secondary N) is 3. The van der Waals surface area contributed by atoms with Gasteiger partial charge in [-0.2, -0.15) is 0 Å². The molecular formula is C34H36ClN5O5S. The van der Waals surface area contributed by atoms with Crippen LogP contribution in [0.2, 0.25) is 0 Å². The van der Waals surface area contributed by atoms with Gasteiger partial charge in [-0.1, -0.05) is 72.8 Å². The molecule has 4 aromatic rings. The lowest BCUT2D eigenvalue weighted by Crippen LogP contribution is -2.46. The lowest BCUT2D eigenvalue weighted by atomic mass is 9.98. The molecule has 12 heteroatoms. The summed E-state index contributed by atoms with van der Waals surface area (Å²) in [4.78, 5) is 40.2. The number of rotatable bonds is 10. The Labute approximate surface area is 274 Å². The number of fused-ring (bicyclic) bond motifs is 1. The van der Waals surface area contributed by atoms with E-state index in [1.807, 2.05) is 24.3 Å². The van der Waals surface area contributed by atoms with Crippen LogP contribution in [0.5, 0.6) is 0 Å². The Morgan fingerprint density at radius 1 is 0.913 bits per heavy atom. The highest BCUT2D eigenvalue weighted by Crippen LogP contribution is 2.34. The first-order valence-electron chi connectivity index (χ1n) is 14.7. The number of carbonyl (C=O) groups is 3. The molecule has 0 radical (unpaired) electrons. The Balaban J connectivity index is 0.00000480. The topological polar surface area (TPSA) is 163 Å². The number of hydrogen-bond acceptors (Lipinski definition) is 6. The molecule has 2 amide bonds. The third kappa shape index (κ3) is 8.09. The first kappa shape index (κ1) is 34.1. The third-order valence-electron chi connectivity index (χ3n) is 8.02. The van der Waals surface area contributed by atoms with Gasteiger partial charge in [0.1, 0.15) is 0 Å². The van der Waals surface area contributed by atoms with Gasteiger partial charge in [0.15, 0.2) is 15.8 Å². The van der Waals surface area contributed by atoms with Gasteiger partial charge in [-0.15, -0.1) is 12.4 Å². The van der Waals surface area contributed by atoms with Gasteiger partial charge in [0.2, 0.25) is 5.91 Å². The lowest BCUT2D eigenvalue weighted by molar-refractivity contribution is -0.121. The number of nitrogens with zero attached hydrogens (tertiary/aromatic N) is 1. The van der Waals surface area contributed by atoms with Crippen LogP contribution in [-0.2, 0) is 19.4 Å². The summed E-state index contributed by atoms with van der Waals surface area (Å²) in [5.41, 5.74) is 6.58. The molecule has 1 aliphatic rings. The average Bonchev–Trinajstić information content (AvgIpc) is 3.06. The molecule has 1 aliphatic heterocycles. The normalized spacial score (nSPS) is 15.3. The van der Waals surface area contributed by atoms with Crippen molar-refractivity contribution in [3.8, 4) is 0 Å². The number of ketones is 1. The van der Waals surface area contributed by atoms with E-state index in [0.717, 1.165) is 23.6 Å². The van der Waals surface area contributed by atoms with Crippen molar-refractivity contribution in [3.63, 3.8) is 0 Å². The third-order valence-corrected chi connectivity index (χ3v) is 10.1. The highest BCUT2D eigenvalue weighted by atomic mass is 35.5. The molecule has 4 aromatic carbocycles. The molecule has 0 aromatic heterocycles. The van der Waals surface area contributed by atoms with Gasteiger partial charge in [-0.05, 0) is 59.4 Å². The molecule has 0 saturated carbocycles. The number of anilines is 1. The van der Waals surface area contributed by atoms with Crippen molar-refractivity contribution in [2.45, 2.75) is 29.4 Å². The van der Waals surface area contributed by atoms with E-state index in [2.05, 4.69) is 10.6 Å². The van der Waals surface area contributed by atoms with Gasteiger partial charge < -0.3 is 21.3 Å². The summed E-state index contributed by atoms with van der Waals surface area (Å²) in [6.45, 7) is 1.59.